The van der Waals surface area contributed by atoms with Crippen LogP contribution in [0.5, 0.6) is 5.75 Å². The number of hydrogen-bond donors (Lipinski definition) is 1. The highest BCUT2D eigenvalue weighted by molar-refractivity contribution is 6.37. The lowest BCUT2D eigenvalue weighted by Crippen LogP contribution is -2.22. The van der Waals surface area contributed by atoms with E-state index in [1.54, 1.807) is 6.07 Å². The van der Waals surface area contributed by atoms with Gasteiger partial charge in [-0.05, 0) is 30.3 Å². The molecule has 0 spiro atoms. The molecule has 0 aliphatic heterocycles. The minimum absolute atomic E-state index is 0.0723. The van der Waals surface area contributed by atoms with Gasteiger partial charge in [0.15, 0.2) is 12.4 Å². The van der Waals surface area contributed by atoms with Crippen molar-refractivity contribution >= 4 is 46.4 Å². The van der Waals surface area contributed by atoms with Crippen molar-refractivity contribution in [1.82, 2.24) is 0 Å². The average Bonchev–Trinajstić information content (AvgIpc) is 2.47. The summed E-state index contributed by atoms with van der Waals surface area (Å²) in [6.45, 7) is -0.566. The number of nitrogens with one attached hydrogen (secondary N) is 1. The number of benzene rings is 2. The standard InChI is InChI=1S/C15H9Cl3F3NO2/c16-8-4-5-12(9(6-8)15(19,20)21)22-13(23)7-24-14-10(17)2-1-3-11(14)18/h1-6H,7H2,(H,22,23). The number of alkyl halides is 3. The second kappa shape index (κ2) is 7.51. The van der Waals surface area contributed by atoms with E-state index in [1.807, 2.05) is 0 Å². The third-order valence-electron chi connectivity index (χ3n) is 2.83. The maximum Gasteiger partial charge on any atom is 0.418 e. The number of hydrogen-bond acceptors (Lipinski definition) is 2. The van der Waals surface area contributed by atoms with Crippen LogP contribution in [0.15, 0.2) is 36.4 Å². The molecule has 0 bridgehead atoms. The number of para-hydroxylation sites is 1. The maximum absolute atomic E-state index is 13.0. The van der Waals surface area contributed by atoms with E-state index in [9.17, 15) is 18.0 Å². The largest absolute Gasteiger partial charge is 0.481 e. The van der Waals surface area contributed by atoms with Crippen LogP contribution in [-0.2, 0) is 11.0 Å². The van der Waals surface area contributed by atoms with Crippen molar-refractivity contribution in [2.45, 2.75) is 6.18 Å². The fourth-order valence-electron chi connectivity index (χ4n) is 1.80. The average molecular weight is 399 g/mol. The Morgan fingerprint density at radius 3 is 2.29 bits per heavy atom. The van der Waals surface area contributed by atoms with Gasteiger partial charge in [-0.2, -0.15) is 13.2 Å². The molecule has 128 valence electrons. The summed E-state index contributed by atoms with van der Waals surface area (Å²) in [6, 6.07) is 7.61. The molecule has 0 heterocycles. The highest BCUT2D eigenvalue weighted by atomic mass is 35.5. The van der Waals surface area contributed by atoms with E-state index < -0.39 is 29.9 Å². The summed E-state index contributed by atoms with van der Waals surface area (Å²) in [6.07, 6.45) is -4.67. The zero-order valence-electron chi connectivity index (χ0n) is 11.8. The summed E-state index contributed by atoms with van der Waals surface area (Å²) in [5.41, 5.74) is -1.48. The van der Waals surface area contributed by atoms with Gasteiger partial charge < -0.3 is 10.1 Å². The van der Waals surface area contributed by atoms with Crippen molar-refractivity contribution in [1.29, 1.82) is 0 Å². The van der Waals surface area contributed by atoms with Crippen LogP contribution in [0.4, 0.5) is 18.9 Å². The third-order valence-corrected chi connectivity index (χ3v) is 3.66. The monoisotopic (exact) mass is 397 g/mol. The van der Waals surface area contributed by atoms with E-state index in [2.05, 4.69) is 5.32 Å². The molecule has 0 aromatic heterocycles. The molecular formula is C15H9Cl3F3NO2. The molecule has 0 fully saturated rings. The molecule has 0 saturated heterocycles. The Labute approximate surface area is 150 Å². The van der Waals surface area contributed by atoms with Gasteiger partial charge in [-0.3, -0.25) is 4.79 Å². The smallest absolute Gasteiger partial charge is 0.418 e. The van der Waals surface area contributed by atoms with Gasteiger partial charge in [0, 0.05) is 5.02 Å². The molecule has 0 atom stereocenters. The highest BCUT2D eigenvalue weighted by Crippen LogP contribution is 2.36. The van der Waals surface area contributed by atoms with E-state index in [0.29, 0.717) is 0 Å². The predicted molar refractivity (Wildman–Crippen MR) is 87.0 cm³/mol. The fraction of sp³-hybridized carbons (Fsp3) is 0.133. The van der Waals surface area contributed by atoms with Gasteiger partial charge in [0.1, 0.15) is 0 Å². The number of anilines is 1. The maximum atomic E-state index is 13.0. The summed E-state index contributed by atoms with van der Waals surface area (Å²) in [7, 11) is 0. The van der Waals surface area contributed by atoms with Crippen molar-refractivity contribution in [2.24, 2.45) is 0 Å². The lowest BCUT2D eigenvalue weighted by Gasteiger charge is -2.15. The second-order valence-corrected chi connectivity index (χ2v) is 5.83. The number of rotatable bonds is 4. The summed E-state index contributed by atoms with van der Waals surface area (Å²) in [5, 5.41) is 2.38. The first-order valence-corrected chi connectivity index (χ1v) is 7.55. The molecule has 2 aromatic carbocycles. The van der Waals surface area contributed by atoms with E-state index in [4.69, 9.17) is 39.5 Å². The zero-order valence-corrected chi connectivity index (χ0v) is 14.0. The van der Waals surface area contributed by atoms with Crippen LogP contribution in [-0.4, -0.2) is 12.5 Å². The van der Waals surface area contributed by atoms with E-state index in [-0.39, 0.29) is 20.8 Å². The summed E-state index contributed by atoms with van der Waals surface area (Å²) < 4.78 is 44.0. The molecule has 3 nitrogen and oxygen atoms in total. The number of halogens is 6. The molecule has 0 saturated carbocycles. The van der Waals surface area contributed by atoms with Crippen LogP contribution in [0, 0.1) is 0 Å². The first kappa shape index (κ1) is 18.7. The Hall–Kier alpha value is -1.63. The molecule has 2 aromatic rings. The van der Waals surface area contributed by atoms with Gasteiger partial charge in [0.25, 0.3) is 5.91 Å². The quantitative estimate of drug-likeness (QED) is 0.719. The molecule has 9 heteroatoms. The van der Waals surface area contributed by atoms with Crippen molar-refractivity contribution in [3.63, 3.8) is 0 Å². The molecule has 0 aliphatic rings. The Morgan fingerprint density at radius 2 is 1.71 bits per heavy atom. The SMILES string of the molecule is O=C(COc1c(Cl)cccc1Cl)Nc1ccc(Cl)cc1C(F)(F)F. The molecule has 1 amide bonds. The van der Waals surface area contributed by atoms with E-state index in [1.165, 1.54) is 18.2 Å². The van der Waals surface area contributed by atoms with Gasteiger partial charge in [0.2, 0.25) is 0 Å². The Morgan fingerprint density at radius 1 is 1.08 bits per heavy atom. The number of carbonyl (C=O) groups is 1. The molecule has 1 N–H and O–H groups in total. The van der Waals surface area contributed by atoms with Crippen LogP contribution in [0.2, 0.25) is 15.1 Å². The van der Waals surface area contributed by atoms with Gasteiger partial charge >= 0.3 is 6.18 Å². The van der Waals surface area contributed by atoms with Crippen LogP contribution >= 0.6 is 34.8 Å². The zero-order chi connectivity index (χ0) is 17.9. The fourth-order valence-corrected chi connectivity index (χ4v) is 2.48. The topological polar surface area (TPSA) is 38.3 Å². The van der Waals surface area contributed by atoms with Crippen molar-refractivity contribution in [3.05, 3.63) is 57.0 Å². The lowest BCUT2D eigenvalue weighted by atomic mass is 10.1. The van der Waals surface area contributed by atoms with Gasteiger partial charge in [0.05, 0.1) is 21.3 Å². The molecule has 2 rings (SSSR count). The first-order valence-electron chi connectivity index (χ1n) is 6.42. The van der Waals surface area contributed by atoms with E-state index >= 15 is 0 Å². The van der Waals surface area contributed by atoms with Gasteiger partial charge in [-0.25, -0.2) is 0 Å². The van der Waals surface area contributed by atoms with E-state index in [0.717, 1.165) is 12.1 Å². The van der Waals surface area contributed by atoms with Crippen molar-refractivity contribution < 1.29 is 22.7 Å². The Bertz CT molecular complexity index is 746. The first-order chi connectivity index (χ1) is 11.2. The van der Waals surface area contributed by atoms with Crippen LogP contribution in [0.25, 0.3) is 0 Å². The Kier molecular flexibility index (Phi) is 5.85. The normalized spacial score (nSPS) is 11.2. The number of amides is 1. The Balaban J connectivity index is 2.11. The highest BCUT2D eigenvalue weighted by Gasteiger charge is 2.34. The minimum Gasteiger partial charge on any atom is -0.481 e. The summed E-state index contributed by atoms with van der Waals surface area (Å²) in [4.78, 5) is 11.8. The molecule has 0 aliphatic carbocycles. The van der Waals surface area contributed by atoms with Crippen molar-refractivity contribution in [2.75, 3.05) is 11.9 Å². The molecule has 0 unspecified atom stereocenters. The summed E-state index contributed by atoms with van der Waals surface area (Å²) in [5.74, 6) is -0.734. The lowest BCUT2D eigenvalue weighted by molar-refractivity contribution is -0.137. The third kappa shape index (κ3) is 4.69. The van der Waals surface area contributed by atoms with Crippen LogP contribution in [0.3, 0.4) is 0 Å². The van der Waals surface area contributed by atoms with Gasteiger partial charge in [-0.15, -0.1) is 0 Å². The van der Waals surface area contributed by atoms with Crippen LogP contribution < -0.4 is 10.1 Å². The van der Waals surface area contributed by atoms with Crippen LogP contribution in [0.1, 0.15) is 5.56 Å². The summed E-state index contributed by atoms with van der Waals surface area (Å²) >= 11 is 17.3. The molecule has 24 heavy (non-hydrogen) atoms. The van der Waals surface area contributed by atoms with Gasteiger partial charge in [-0.1, -0.05) is 40.9 Å². The number of ether oxygens (including phenoxy) is 1. The molecular weight excluding hydrogens is 390 g/mol. The number of carbonyl (C=O) groups excluding carboxylic acids is 1. The predicted octanol–water partition coefficient (Wildman–Crippen LogP) is 5.68. The van der Waals surface area contributed by atoms with Crippen molar-refractivity contribution in [3.8, 4) is 5.75 Å². The minimum atomic E-state index is -4.67. The second-order valence-electron chi connectivity index (χ2n) is 4.58. The molecule has 0 radical (unpaired) electrons.